The number of hydrogen-bond donors (Lipinski definition) is 1. The van der Waals surface area contributed by atoms with Crippen molar-refractivity contribution >= 4 is 0 Å². The van der Waals surface area contributed by atoms with Gasteiger partial charge in [-0.3, -0.25) is 9.88 Å². The molecule has 0 amide bonds. The van der Waals surface area contributed by atoms with Crippen molar-refractivity contribution in [3.63, 3.8) is 0 Å². The first kappa shape index (κ1) is 9.31. The van der Waals surface area contributed by atoms with E-state index in [9.17, 15) is 5.11 Å². The van der Waals surface area contributed by atoms with Crippen LogP contribution in [0.5, 0.6) is 0 Å². The third-order valence-electron chi connectivity index (χ3n) is 3.86. The lowest BCUT2D eigenvalue weighted by Crippen LogP contribution is -2.27. The smallest absolute Gasteiger partial charge is 0.0797 e. The minimum absolute atomic E-state index is 0.282. The summed E-state index contributed by atoms with van der Waals surface area (Å²) in [5.41, 5.74) is 2.32. The summed E-state index contributed by atoms with van der Waals surface area (Å²) < 4.78 is 0. The molecule has 80 valence electrons. The van der Waals surface area contributed by atoms with Crippen molar-refractivity contribution in [1.82, 2.24) is 9.88 Å². The van der Waals surface area contributed by atoms with Gasteiger partial charge in [0.05, 0.1) is 6.10 Å². The normalized spacial score (nSPS) is 34.9. The van der Waals surface area contributed by atoms with E-state index in [0.717, 1.165) is 18.5 Å². The quantitative estimate of drug-likeness (QED) is 0.696. The molecule has 1 aromatic rings. The molecule has 1 aliphatic heterocycles. The van der Waals surface area contributed by atoms with Crippen molar-refractivity contribution in [1.29, 1.82) is 0 Å². The van der Waals surface area contributed by atoms with E-state index in [4.69, 9.17) is 0 Å². The third kappa shape index (κ3) is 1.30. The molecule has 2 aliphatic rings. The molecule has 3 atom stereocenters. The molecule has 3 heteroatoms. The average molecular weight is 204 g/mol. The van der Waals surface area contributed by atoms with Crippen LogP contribution in [0.25, 0.3) is 0 Å². The van der Waals surface area contributed by atoms with Crippen molar-refractivity contribution < 1.29 is 5.11 Å². The number of fused-ring (bicyclic) bond motifs is 3. The van der Waals surface area contributed by atoms with Gasteiger partial charge in [0.15, 0.2) is 0 Å². The highest BCUT2D eigenvalue weighted by atomic mass is 16.3. The lowest BCUT2D eigenvalue weighted by Gasteiger charge is -2.34. The van der Waals surface area contributed by atoms with Crippen LogP contribution in [0.4, 0.5) is 0 Å². The second-order valence-corrected chi connectivity index (χ2v) is 4.73. The van der Waals surface area contributed by atoms with Crippen molar-refractivity contribution in [2.24, 2.45) is 5.92 Å². The number of pyridine rings is 1. The molecule has 1 fully saturated rings. The summed E-state index contributed by atoms with van der Waals surface area (Å²) in [6.45, 7) is 1.14. The van der Waals surface area contributed by atoms with E-state index in [1.807, 2.05) is 12.3 Å². The average Bonchev–Trinajstić information content (AvgIpc) is 2.61. The number of aromatic nitrogens is 1. The van der Waals surface area contributed by atoms with Crippen LogP contribution >= 0.6 is 0 Å². The second kappa shape index (κ2) is 3.29. The maximum absolute atomic E-state index is 10.0. The molecule has 0 radical (unpaired) electrons. The number of hydrogen-bond acceptors (Lipinski definition) is 3. The van der Waals surface area contributed by atoms with Gasteiger partial charge in [-0.2, -0.15) is 0 Å². The highest BCUT2D eigenvalue weighted by Gasteiger charge is 2.40. The molecule has 0 bridgehead atoms. The van der Waals surface area contributed by atoms with E-state index in [-0.39, 0.29) is 6.10 Å². The lowest BCUT2D eigenvalue weighted by atomic mass is 9.79. The van der Waals surface area contributed by atoms with Crippen LogP contribution < -0.4 is 0 Å². The fraction of sp³-hybridized carbons (Fsp3) is 0.583. The van der Waals surface area contributed by atoms with E-state index in [1.54, 1.807) is 6.20 Å². The Labute approximate surface area is 89.7 Å². The molecule has 1 N–H and O–H groups in total. The molecule has 0 saturated carbocycles. The largest absolute Gasteiger partial charge is 0.388 e. The molecule has 1 aromatic heterocycles. The summed E-state index contributed by atoms with van der Waals surface area (Å²) in [6, 6.07) is 2.44. The zero-order chi connectivity index (χ0) is 10.4. The second-order valence-electron chi connectivity index (χ2n) is 4.73. The molecule has 2 heterocycles. The minimum atomic E-state index is -0.282. The van der Waals surface area contributed by atoms with Crippen LogP contribution in [-0.4, -0.2) is 28.6 Å². The Balaban J connectivity index is 2.10. The summed E-state index contributed by atoms with van der Waals surface area (Å²) in [5, 5.41) is 10.0. The van der Waals surface area contributed by atoms with E-state index in [2.05, 4.69) is 16.9 Å². The highest BCUT2D eigenvalue weighted by Crippen LogP contribution is 2.47. The van der Waals surface area contributed by atoms with E-state index in [1.165, 1.54) is 12.0 Å². The van der Waals surface area contributed by atoms with Crippen molar-refractivity contribution in [2.45, 2.75) is 25.0 Å². The fourth-order valence-electron chi connectivity index (χ4n) is 3.15. The molecular formula is C12H16N2O. The Morgan fingerprint density at radius 2 is 2.33 bits per heavy atom. The SMILES string of the molecule is CN1CCC2CC(O)c3ccncc3C21. The van der Waals surface area contributed by atoms with E-state index < -0.39 is 0 Å². The van der Waals surface area contributed by atoms with Gasteiger partial charge in [0, 0.05) is 18.4 Å². The summed E-state index contributed by atoms with van der Waals surface area (Å²) in [7, 11) is 2.17. The van der Waals surface area contributed by atoms with Crippen molar-refractivity contribution in [3.8, 4) is 0 Å². The number of aliphatic hydroxyl groups is 1. The third-order valence-corrected chi connectivity index (χ3v) is 3.86. The maximum Gasteiger partial charge on any atom is 0.0797 e. The lowest BCUT2D eigenvalue weighted by molar-refractivity contribution is 0.110. The molecular weight excluding hydrogens is 188 g/mol. The maximum atomic E-state index is 10.0. The van der Waals surface area contributed by atoms with Gasteiger partial charge in [-0.1, -0.05) is 0 Å². The topological polar surface area (TPSA) is 36.4 Å². The first-order valence-corrected chi connectivity index (χ1v) is 5.59. The van der Waals surface area contributed by atoms with Crippen LogP contribution in [-0.2, 0) is 0 Å². The van der Waals surface area contributed by atoms with E-state index in [0.29, 0.717) is 12.0 Å². The summed E-state index contributed by atoms with van der Waals surface area (Å²) in [5.74, 6) is 0.613. The van der Waals surface area contributed by atoms with Crippen LogP contribution in [0.2, 0.25) is 0 Å². The fourth-order valence-corrected chi connectivity index (χ4v) is 3.15. The molecule has 3 unspecified atom stereocenters. The number of likely N-dealkylation sites (tertiary alicyclic amines) is 1. The summed E-state index contributed by atoms with van der Waals surface area (Å²) >= 11 is 0. The van der Waals surface area contributed by atoms with Gasteiger partial charge in [-0.15, -0.1) is 0 Å². The molecule has 1 aliphatic carbocycles. The van der Waals surface area contributed by atoms with Crippen LogP contribution in [0.1, 0.15) is 36.1 Å². The Kier molecular flexibility index (Phi) is 2.04. The summed E-state index contributed by atoms with van der Waals surface area (Å²) in [4.78, 5) is 6.58. The van der Waals surface area contributed by atoms with Crippen LogP contribution in [0.15, 0.2) is 18.5 Å². The number of rotatable bonds is 0. The van der Waals surface area contributed by atoms with Crippen molar-refractivity contribution in [3.05, 3.63) is 29.6 Å². The Morgan fingerprint density at radius 1 is 1.47 bits per heavy atom. The molecule has 0 aromatic carbocycles. The van der Waals surface area contributed by atoms with E-state index >= 15 is 0 Å². The molecule has 3 nitrogen and oxygen atoms in total. The Bertz CT molecular complexity index is 380. The Hall–Kier alpha value is -0.930. The number of nitrogens with zero attached hydrogens (tertiary/aromatic N) is 2. The molecule has 0 spiro atoms. The zero-order valence-corrected chi connectivity index (χ0v) is 8.93. The predicted octanol–water partition coefficient (Wildman–Crippen LogP) is 1.51. The monoisotopic (exact) mass is 204 g/mol. The highest BCUT2D eigenvalue weighted by molar-refractivity contribution is 5.33. The summed E-state index contributed by atoms with van der Waals surface area (Å²) in [6.07, 6.45) is 5.53. The number of aliphatic hydroxyl groups excluding tert-OH is 1. The van der Waals surface area contributed by atoms with Gasteiger partial charge < -0.3 is 5.11 Å². The van der Waals surface area contributed by atoms with Gasteiger partial charge in [-0.25, -0.2) is 0 Å². The predicted molar refractivity (Wildman–Crippen MR) is 57.3 cm³/mol. The van der Waals surface area contributed by atoms with Crippen LogP contribution in [0, 0.1) is 5.92 Å². The first-order valence-electron chi connectivity index (χ1n) is 5.59. The minimum Gasteiger partial charge on any atom is -0.388 e. The molecule has 3 rings (SSSR count). The van der Waals surface area contributed by atoms with Gasteiger partial charge in [0.1, 0.15) is 0 Å². The Morgan fingerprint density at radius 3 is 3.20 bits per heavy atom. The first-order chi connectivity index (χ1) is 7.27. The van der Waals surface area contributed by atoms with Gasteiger partial charge >= 0.3 is 0 Å². The van der Waals surface area contributed by atoms with Gasteiger partial charge in [0.2, 0.25) is 0 Å². The van der Waals surface area contributed by atoms with Gasteiger partial charge in [0.25, 0.3) is 0 Å². The zero-order valence-electron chi connectivity index (χ0n) is 8.93. The van der Waals surface area contributed by atoms with Crippen molar-refractivity contribution in [2.75, 3.05) is 13.6 Å². The molecule has 1 saturated heterocycles. The van der Waals surface area contributed by atoms with Gasteiger partial charge in [-0.05, 0) is 49.5 Å². The van der Waals surface area contributed by atoms with Crippen LogP contribution in [0.3, 0.4) is 0 Å². The standard InChI is InChI=1S/C12H16N2O/c1-14-5-3-8-6-11(15)9-2-4-13-7-10(9)12(8)14/h2,4,7-8,11-12,15H,3,5-6H2,1H3. The molecule has 15 heavy (non-hydrogen) atoms.